The SMILES string of the molecule is C=CC[C@@]1(c2ccc3c(SC)ncnn23)O[C@H](CO[Si](C)(C)C(C)(C)C)[C@@H](O[Si](C)(C)C(C)(C)C)[C@@]1(C)C#N. The highest BCUT2D eigenvalue weighted by molar-refractivity contribution is 7.98. The molecule has 0 bridgehead atoms. The molecule has 2 aromatic rings. The number of thioether (sulfide) groups is 1. The molecule has 0 radical (unpaired) electrons. The highest BCUT2D eigenvalue weighted by Gasteiger charge is 2.67. The summed E-state index contributed by atoms with van der Waals surface area (Å²) in [5, 5.41) is 16.5. The lowest BCUT2D eigenvalue weighted by Crippen LogP contribution is -2.53. The van der Waals surface area contributed by atoms with Crippen molar-refractivity contribution in [2.45, 2.75) is 114 Å². The molecule has 0 spiro atoms. The molecule has 0 aliphatic carbocycles. The molecule has 0 unspecified atom stereocenters. The Morgan fingerprint density at radius 1 is 1.15 bits per heavy atom. The van der Waals surface area contributed by atoms with Crippen LogP contribution in [0.5, 0.6) is 0 Å². The minimum absolute atomic E-state index is 0.0415. The number of rotatable bonds is 9. The average Bonchev–Trinajstić information content (AvgIpc) is 3.35. The molecular formula is C29H48N4O3SSi2. The second-order valence-electron chi connectivity index (χ2n) is 13.9. The van der Waals surface area contributed by atoms with Gasteiger partial charge in [0.15, 0.2) is 16.6 Å². The van der Waals surface area contributed by atoms with E-state index in [1.54, 1.807) is 18.1 Å². The Balaban J connectivity index is 2.24. The van der Waals surface area contributed by atoms with Crippen molar-refractivity contribution in [3.8, 4) is 6.07 Å². The molecule has 0 aromatic carbocycles. The molecule has 0 saturated carbocycles. The summed E-state index contributed by atoms with van der Waals surface area (Å²) in [5.41, 5.74) is -0.404. The molecule has 1 fully saturated rings. The Bertz CT molecular complexity index is 1240. The predicted octanol–water partition coefficient (Wildman–Crippen LogP) is 7.56. The van der Waals surface area contributed by atoms with E-state index in [-0.39, 0.29) is 10.1 Å². The van der Waals surface area contributed by atoms with E-state index in [4.69, 9.17) is 13.6 Å². The van der Waals surface area contributed by atoms with Crippen LogP contribution in [0.1, 0.15) is 60.6 Å². The number of ether oxygens (including phenoxy) is 1. The fraction of sp³-hybridized carbons (Fsp3) is 0.690. The monoisotopic (exact) mass is 588 g/mol. The largest absolute Gasteiger partial charge is 0.414 e. The van der Waals surface area contributed by atoms with Crippen LogP contribution in [0.4, 0.5) is 0 Å². The standard InChI is InChI=1S/C29H48N4O3SSi2/c1-14-17-29(23-16-15-21-25(37-9)31-20-32-33(21)23)28(8,19-30)24(36-39(12,13)27(5,6)7)22(35-29)18-34-38(10,11)26(2,3)4/h14-16,20,22,24H,1,17-18H2,2-13H3/t22-,24-,28-,29+/m1/s1. The van der Waals surface area contributed by atoms with E-state index in [0.29, 0.717) is 13.0 Å². The first-order valence-corrected chi connectivity index (χ1v) is 20.7. The van der Waals surface area contributed by atoms with Gasteiger partial charge in [0.05, 0.1) is 30.0 Å². The maximum absolute atomic E-state index is 11.0. The first-order chi connectivity index (χ1) is 17.8. The lowest BCUT2D eigenvalue weighted by molar-refractivity contribution is -0.0899. The number of nitrogens with zero attached hydrogens (tertiary/aromatic N) is 4. The van der Waals surface area contributed by atoms with E-state index in [1.807, 2.05) is 35.9 Å². The number of hydrogen-bond donors (Lipinski definition) is 0. The van der Waals surface area contributed by atoms with E-state index in [1.165, 1.54) is 0 Å². The second-order valence-corrected chi connectivity index (χ2v) is 24.3. The molecule has 10 heteroatoms. The minimum atomic E-state index is -2.30. The van der Waals surface area contributed by atoms with Gasteiger partial charge in [0.25, 0.3) is 0 Å². The van der Waals surface area contributed by atoms with E-state index in [9.17, 15) is 5.26 Å². The van der Waals surface area contributed by atoms with Crippen LogP contribution in [0, 0.1) is 16.7 Å². The zero-order valence-corrected chi connectivity index (χ0v) is 28.8. The van der Waals surface area contributed by atoms with E-state index >= 15 is 0 Å². The van der Waals surface area contributed by atoms with Gasteiger partial charge in [-0.1, -0.05) is 47.6 Å². The summed E-state index contributed by atoms with van der Waals surface area (Å²) in [6.45, 7) is 28.7. The summed E-state index contributed by atoms with van der Waals surface area (Å²) in [6, 6.07) is 6.72. The van der Waals surface area contributed by atoms with Gasteiger partial charge >= 0.3 is 0 Å². The van der Waals surface area contributed by atoms with Gasteiger partial charge in [0.2, 0.25) is 0 Å². The van der Waals surface area contributed by atoms with Gasteiger partial charge in [-0.2, -0.15) is 10.4 Å². The number of fused-ring (bicyclic) bond motifs is 1. The van der Waals surface area contributed by atoms with Crippen LogP contribution < -0.4 is 0 Å². The lowest BCUT2D eigenvalue weighted by Gasteiger charge is -2.44. The van der Waals surface area contributed by atoms with Gasteiger partial charge in [0, 0.05) is 6.42 Å². The summed E-state index contributed by atoms with van der Waals surface area (Å²) >= 11 is 1.56. The normalized spacial score (nSPS) is 26.6. The van der Waals surface area contributed by atoms with Gasteiger partial charge in [-0.3, -0.25) is 0 Å². The Labute approximate surface area is 242 Å². The fourth-order valence-corrected chi connectivity index (χ4v) is 7.69. The molecular weight excluding hydrogens is 541 g/mol. The molecule has 216 valence electrons. The average molecular weight is 589 g/mol. The summed E-state index contributed by atoms with van der Waals surface area (Å²) in [7, 11) is -4.40. The van der Waals surface area contributed by atoms with Crippen molar-refractivity contribution in [1.82, 2.24) is 14.6 Å². The van der Waals surface area contributed by atoms with Gasteiger partial charge in [-0.15, -0.1) is 18.3 Å². The Morgan fingerprint density at radius 3 is 2.28 bits per heavy atom. The van der Waals surface area contributed by atoms with Crippen LogP contribution in [-0.2, 0) is 19.2 Å². The number of nitriles is 1. The third-order valence-electron chi connectivity index (χ3n) is 9.43. The second kappa shape index (κ2) is 10.7. The Hall–Kier alpha value is -1.49. The summed E-state index contributed by atoms with van der Waals surface area (Å²) in [5.74, 6) is 0. The Morgan fingerprint density at radius 2 is 1.77 bits per heavy atom. The molecule has 7 nitrogen and oxygen atoms in total. The van der Waals surface area contributed by atoms with Crippen molar-refractivity contribution in [3.63, 3.8) is 0 Å². The third-order valence-corrected chi connectivity index (χ3v) is 19.1. The van der Waals surface area contributed by atoms with E-state index in [0.717, 1.165) is 16.2 Å². The zero-order valence-electron chi connectivity index (χ0n) is 26.0. The maximum atomic E-state index is 11.0. The predicted molar refractivity (Wildman–Crippen MR) is 165 cm³/mol. The molecule has 1 aliphatic heterocycles. The highest BCUT2D eigenvalue weighted by atomic mass is 32.2. The molecule has 1 saturated heterocycles. The maximum Gasteiger partial charge on any atom is 0.192 e. The van der Waals surface area contributed by atoms with Crippen LogP contribution in [0.3, 0.4) is 0 Å². The highest BCUT2D eigenvalue weighted by Crippen LogP contribution is 2.58. The van der Waals surface area contributed by atoms with Crippen LogP contribution >= 0.6 is 11.8 Å². The fourth-order valence-electron chi connectivity index (χ4n) is 4.78. The van der Waals surface area contributed by atoms with Crippen molar-refractivity contribution >= 4 is 33.9 Å². The third kappa shape index (κ3) is 5.43. The zero-order chi connectivity index (χ0) is 29.7. The minimum Gasteiger partial charge on any atom is -0.414 e. The van der Waals surface area contributed by atoms with E-state index in [2.05, 4.69) is 90.5 Å². The molecule has 39 heavy (non-hydrogen) atoms. The van der Waals surface area contributed by atoms with Crippen molar-refractivity contribution in [2.75, 3.05) is 12.9 Å². The first-order valence-electron chi connectivity index (χ1n) is 13.7. The quantitative estimate of drug-likeness (QED) is 0.170. The van der Waals surface area contributed by atoms with Gasteiger partial charge in [-0.05, 0) is 61.6 Å². The van der Waals surface area contributed by atoms with Crippen LogP contribution in [0.2, 0.25) is 36.3 Å². The molecule has 2 aromatic heterocycles. The van der Waals surface area contributed by atoms with E-state index < -0.39 is 39.9 Å². The first kappa shape index (κ1) is 32.0. The molecule has 0 amide bonds. The van der Waals surface area contributed by atoms with Gasteiger partial charge in [-0.25, -0.2) is 9.50 Å². The van der Waals surface area contributed by atoms with Crippen LogP contribution in [0.25, 0.3) is 5.52 Å². The van der Waals surface area contributed by atoms with Crippen molar-refractivity contribution in [1.29, 1.82) is 5.26 Å². The summed E-state index contributed by atoms with van der Waals surface area (Å²) < 4.78 is 22.9. The summed E-state index contributed by atoms with van der Waals surface area (Å²) in [4.78, 5) is 4.45. The molecule has 3 heterocycles. The molecule has 4 atom stereocenters. The van der Waals surface area contributed by atoms with Crippen molar-refractivity contribution in [2.24, 2.45) is 5.41 Å². The van der Waals surface area contributed by atoms with Crippen LogP contribution in [-0.4, -0.2) is 56.3 Å². The smallest absolute Gasteiger partial charge is 0.192 e. The van der Waals surface area contributed by atoms with Crippen molar-refractivity contribution in [3.05, 3.63) is 36.8 Å². The molecule has 1 aliphatic rings. The lowest BCUT2D eigenvalue weighted by atomic mass is 9.68. The molecule has 3 rings (SSSR count). The molecule has 0 N–H and O–H groups in total. The topological polar surface area (TPSA) is 81.7 Å². The van der Waals surface area contributed by atoms with Gasteiger partial charge in [0.1, 0.15) is 28.5 Å². The summed E-state index contributed by atoms with van der Waals surface area (Å²) in [6.07, 6.45) is 4.88. The Kier molecular flexibility index (Phi) is 8.81. The van der Waals surface area contributed by atoms with Crippen LogP contribution in [0.15, 0.2) is 36.1 Å². The van der Waals surface area contributed by atoms with Crippen molar-refractivity contribution < 1.29 is 13.6 Å². The number of aromatic nitrogens is 3. The number of hydrogen-bond acceptors (Lipinski definition) is 7. The van der Waals surface area contributed by atoms with Gasteiger partial charge < -0.3 is 13.6 Å².